The molecular weight excluding hydrogens is 562 g/mol. The van der Waals surface area contributed by atoms with E-state index >= 15 is 0 Å². The predicted molar refractivity (Wildman–Crippen MR) is 156 cm³/mol. The average molecular weight is 589 g/mol. The van der Waals surface area contributed by atoms with Crippen LogP contribution in [0.2, 0.25) is 0 Å². The van der Waals surface area contributed by atoms with E-state index in [0.717, 1.165) is 21.2 Å². The first kappa shape index (κ1) is 27.2. The van der Waals surface area contributed by atoms with E-state index in [1.54, 1.807) is 21.1 Å². The van der Waals surface area contributed by atoms with Crippen molar-refractivity contribution in [1.29, 1.82) is 5.26 Å². The number of pyridine rings is 1. The minimum Gasteiger partial charge on any atom is -0.493 e. The number of aryl methyl sites for hydroxylation is 1. The number of nitrogens with one attached hydrogen (secondary N) is 1. The number of amides is 1. The fourth-order valence-electron chi connectivity index (χ4n) is 3.82. The van der Waals surface area contributed by atoms with Gasteiger partial charge >= 0.3 is 0 Å². The number of methoxy groups -OCH3 is 2. The zero-order valence-electron chi connectivity index (χ0n) is 21.4. The Bertz CT molecular complexity index is 1500. The van der Waals surface area contributed by atoms with Crippen molar-refractivity contribution in [2.75, 3.05) is 19.5 Å². The molecule has 0 aliphatic carbocycles. The second kappa shape index (κ2) is 12.2. The van der Waals surface area contributed by atoms with Crippen molar-refractivity contribution in [3.8, 4) is 40.0 Å². The Kier molecular flexibility index (Phi) is 8.72. The van der Waals surface area contributed by atoms with Gasteiger partial charge in [-0.1, -0.05) is 63.6 Å². The third-order valence-electron chi connectivity index (χ3n) is 5.91. The van der Waals surface area contributed by atoms with Crippen LogP contribution in [0.25, 0.3) is 22.4 Å². The van der Waals surface area contributed by atoms with Crippen LogP contribution in [0.3, 0.4) is 0 Å². The van der Waals surface area contributed by atoms with Crippen molar-refractivity contribution in [1.82, 2.24) is 4.98 Å². The molecule has 8 heteroatoms. The van der Waals surface area contributed by atoms with E-state index < -0.39 is 5.25 Å². The Morgan fingerprint density at radius 2 is 1.63 bits per heavy atom. The van der Waals surface area contributed by atoms with E-state index in [4.69, 9.17) is 14.5 Å². The third kappa shape index (κ3) is 6.18. The van der Waals surface area contributed by atoms with Crippen molar-refractivity contribution in [3.05, 3.63) is 88.4 Å². The maximum Gasteiger partial charge on any atom is 0.237 e. The Balaban J connectivity index is 1.77. The Morgan fingerprint density at radius 3 is 2.26 bits per heavy atom. The van der Waals surface area contributed by atoms with Crippen LogP contribution in [0.1, 0.15) is 18.1 Å². The number of nitrogens with zero attached hydrogens (tertiary/aromatic N) is 2. The van der Waals surface area contributed by atoms with Crippen molar-refractivity contribution in [3.63, 3.8) is 0 Å². The normalized spacial score (nSPS) is 11.4. The highest BCUT2D eigenvalue weighted by molar-refractivity contribution is 9.10. The highest BCUT2D eigenvalue weighted by Gasteiger charge is 2.22. The van der Waals surface area contributed by atoms with Gasteiger partial charge in [0.15, 0.2) is 11.5 Å². The number of ether oxygens (including phenoxy) is 2. The summed E-state index contributed by atoms with van der Waals surface area (Å²) >= 11 is 4.66. The molecule has 6 nitrogen and oxygen atoms in total. The molecule has 0 saturated carbocycles. The molecule has 192 valence electrons. The second-order valence-corrected chi connectivity index (χ2v) is 10.8. The summed E-state index contributed by atoms with van der Waals surface area (Å²) in [6, 6.07) is 25.2. The van der Waals surface area contributed by atoms with Crippen LogP contribution in [-0.2, 0) is 4.79 Å². The lowest BCUT2D eigenvalue weighted by molar-refractivity contribution is -0.115. The second-order valence-electron chi connectivity index (χ2n) is 8.54. The number of anilines is 1. The van der Waals surface area contributed by atoms with Crippen LogP contribution in [-0.4, -0.2) is 30.4 Å². The standard InChI is InChI=1S/C30H26BrN3O3S/c1-18-5-7-20(8-6-18)26-16-24(21-9-14-27(36-3)28(15-21)37-4)25(17-32)30(34-26)38-19(2)29(35)33-23-12-10-22(31)11-13-23/h5-16,19H,1-4H3,(H,33,35)/t19-/m0/s1. The van der Waals surface area contributed by atoms with Crippen molar-refractivity contribution in [2.45, 2.75) is 24.1 Å². The molecule has 1 atom stereocenters. The van der Waals surface area contributed by atoms with Gasteiger partial charge in [0.25, 0.3) is 0 Å². The molecule has 4 aromatic rings. The minimum atomic E-state index is -0.509. The summed E-state index contributed by atoms with van der Waals surface area (Å²) in [5, 5.41) is 13.1. The molecule has 3 aromatic carbocycles. The first-order valence-corrected chi connectivity index (χ1v) is 13.5. The smallest absolute Gasteiger partial charge is 0.237 e. The molecule has 0 aliphatic rings. The van der Waals surface area contributed by atoms with E-state index in [-0.39, 0.29) is 5.91 Å². The summed E-state index contributed by atoms with van der Waals surface area (Å²) in [5.41, 5.74) is 5.31. The van der Waals surface area contributed by atoms with Crippen LogP contribution in [0, 0.1) is 18.3 Å². The molecule has 1 aromatic heterocycles. The van der Waals surface area contributed by atoms with Gasteiger partial charge < -0.3 is 14.8 Å². The quantitative estimate of drug-likeness (QED) is 0.215. The number of thioether (sulfide) groups is 1. The summed E-state index contributed by atoms with van der Waals surface area (Å²) < 4.78 is 11.8. The lowest BCUT2D eigenvalue weighted by Crippen LogP contribution is -2.22. The molecule has 1 N–H and O–H groups in total. The number of nitriles is 1. The highest BCUT2D eigenvalue weighted by atomic mass is 79.9. The molecule has 0 radical (unpaired) electrons. The van der Waals surface area contributed by atoms with Gasteiger partial charge in [0, 0.05) is 21.3 Å². The number of carbonyl (C=O) groups is 1. The number of carbonyl (C=O) groups excluding carboxylic acids is 1. The lowest BCUT2D eigenvalue weighted by atomic mass is 9.98. The summed E-state index contributed by atoms with van der Waals surface area (Å²) in [7, 11) is 3.15. The molecule has 0 aliphatic heterocycles. The summed E-state index contributed by atoms with van der Waals surface area (Å²) in [4.78, 5) is 17.9. The van der Waals surface area contributed by atoms with Crippen molar-refractivity contribution in [2.24, 2.45) is 0 Å². The number of rotatable bonds is 8. The van der Waals surface area contributed by atoms with Crippen LogP contribution in [0.15, 0.2) is 82.3 Å². The van der Waals surface area contributed by atoms with E-state index in [2.05, 4.69) is 27.3 Å². The Hall–Kier alpha value is -3.80. The number of halogens is 1. The molecule has 0 saturated heterocycles. The molecule has 38 heavy (non-hydrogen) atoms. The fourth-order valence-corrected chi connectivity index (χ4v) is 5.01. The monoisotopic (exact) mass is 587 g/mol. The summed E-state index contributed by atoms with van der Waals surface area (Å²) in [6.45, 7) is 3.83. The van der Waals surface area contributed by atoms with Gasteiger partial charge in [-0.3, -0.25) is 4.79 Å². The first-order valence-electron chi connectivity index (χ1n) is 11.8. The predicted octanol–water partition coefficient (Wildman–Crippen LogP) is 7.49. The molecule has 1 amide bonds. The average Bonchev–Trinajstić information content (AvgIpc) is 2.93. The highest BCUT2D eigenvalue weighted by Crippen LogP contribution is 2.39. The molecule has 0 bridgehead atoms. The molecule has 0 fully saturated rings. The fraction of sp³-hybridized carbons (Fsp3) is 0.167. The van der Waals surface area contributed by atoms with E-state index in [9.17, 15) is 10.1 Å². The van der Waals surface area contributed by atoms with Gasteiger partial charge in [-0.2, -0.15) is 5.26 Å². The van der Waals surface area contributed by atoms with Crippen LogP contribution in [0.5, 0.6) is 11.5 Å². The number of benzene rings is 3. The Morgan fingerprint density at radius 1 is 0.974 bits per heavy atom. The molecule has 1 heterocycles. The van der Waals surface area contributed by atoms with E-state index in [0.29, 0.717) is 39.0 Å². The van der Waals surface area contributed by atoms with E-state index in [1.807, 2.05) is 79.7 Å². The van der Waals surface area contributed by atoms with Gasteiger partial charge in [-0.05, 0) is 61.9 Å². The zero-order chi connectivity index (χ0) is 27.2. The maximum absolute atomic E-state index is 13.0. The molecular formula is C30H26BrN3O3S. The van der Waals surface area contributed by atoms with Gasteiger partial charge in [0.2, 0.25) is 5.91 Å². The number of aromatic nitrogens is 1. The topological polar surface area (TPSA) is 84.2 Å². The molecule has 0 spiro atoms. The van der Waals surface area contributed by atoms with Crippen molar-refractivity contribution < 1.29 is 14.3 Å². The van der Waals surface area contributed by atoms with E-state index in [1.165, 1.54) is 11.8 Å². The largest absolute Gasteiger partial charge is 0.493 e. The molecule has 0 unspecified atom stereocenters. The van der Waals surface area contributed by atoms with Crippen LogP contribution < -0.4 is 14.8 Å². The maximum atomic E-state index is 13.0. The van der Waals surface area contributed by atoms with Gasteiger partial charge in [-0.15, -0.1) is 0 Å². The lowest BCUT2D eigenvalue weighted by Gasteiger charge is -2.17. The SMILES string of the molecule is COc1ccc(-c2cc(-c3ccc(C)cc3)nc(S[C@@H](C)C(=O)Nc3ccc(Br)cc3)c2C#N)cc1OC. The van der Waals surface area contributed by atoms with Gasteiger partial charge in [0.05, 0.1) is 30.7 Å². The van der Waals surface area contributed by atoms with Crippen LogP contribution in [0.4, 0.5) is 5.69 Å². The number of hydrogen-bond acceptors (Lipinski definition) is 6. The summed E-state index contributed by atoms with van der Waals surface area (Å²) in [5.74, 6) is 0.964. The number of hydrogen-bond donors (Lipinski definition) is 1. The van der Waals surface area contributed by atoms with Gasteiger partial charge in [0.1, 0.15) is 11.1 Å². The van der Waals surface area contributed by atoms with Crippen LogP contribution >= 0.6 is 27.7 Å². The Labute approximate surface area is 235 Å². The third-order valence-corrected chi connectivity index (χ3v) is 7.52. The van der Waals surface area contributed by atoms with Crippen molar-refractivity contribution >= 4 is 39.3 Å². The molecule has 4 rings (SSSR count). The first-order chi connectivity index (χ1) is 18.3. The minimum absolute atomic E-state index is 0.184. The van der Waals surface area contributed by atoms with Gasteiger partial charge in [-0.25, -0.2) is 4.98 Å². The zero-order valence-corrected chi connectivity index (χ0v) is 23.8. The summed E-state index contributed by atoms with van der Waals surface area (Å²) in [6.07, 6.45) is 0.